The number of para-hydroxylation sites is 3. The van der Waals surface area contributed by atoms with Crippen LogP contribution in [0.1, 0.15) is 12.8 Å². The van der Waals surface area contributed by atoms with E-state index >= 15 is 0 Å². The van der Waals surface area contributed by atoms with E-state index in [1.807, 2.05) is 30.3 Å². The summed E-state index contributed by atoms with van der Waals surface area (Å²) in [6, 6.07) is 15.0. The molecule has 1 aliphatic rings. The van der Waals surface area contributed by atoms with Gasteiger partial charge in [-0.15, -0.1) is 0 Å². The average Bonchev–Trinajstić information content (AvgIpc) is 3.19. The van der Waals surface area contributed by atoms with E-state index in [-0.39, 0.29) is 17.9 Å². The Hall–Kier alpha value is -3.15. The Kier molecular flexibility index (Phi) is 4.39. The number of nitrogens with zero attached hydrogens (tertiary/aromatic N) is 3. The zero-order valence-corrected chi connectivity index (χ0v) is 14.4. The summed E-state index contributed by atoms with van der Waals surface area (Å²) < 4.78 is 1.56. The third-order valence-corrected chi connectivity index (χ3v) is 4.68. The third kappa shape index (κ3) is 3.18. The van der Waals surface area contributed by atoms with Crippen LogP contribution in [0.2, 0.25) is 0 Å². The van der Waals surface area contributed by atoms with Crippen LogP contribution in [0.4, 0.5) is 11.4 Å². The number of amides is 1. The quantitative estimate of drug-likeness (QED) is 0.787. The Morgan fingerprint density at radius 1 is 1.04 bits per heavy atom. The molecule has 1 N–H and O–H groups in total. The number of aromatic nitrogens is 2. The van der Waals surface area contributed by atoms with E-state index in [0.717, 1.165) is 24.5 Å². The van der Waals surface area contributed by atoms with E-state index in [1.165, 1.54) is 19.0 Å². The molecule has 2 heterocycles. The molecule has 26 heavy (non-hydrogen) atoms. The first-order valence-corrected chi connectivity index (χ1v) is 8.81. The van der Waals surface area contributed by atoms with Crippen molar-refractivity contribution < 1.29 is 4.79 Å². The van der Waals surface area contributed by atoms with Gasteiger partial charge in [0.1, 0.15) is 6.54 Å². The maximum atomic E-state index is 12.6. The molecule has 0 saturated carbocycles. The van der Waals surface area contributed by atoms with Crippen molar-refractivity contribution in [3.8, 4) is 0 Å². The van der Waals surface area contributed by atoms with Gasteiger partial charge in [0.2, 0.25) is 11.3 Å². The minimum Gasteiger partial charge on any atom is -0.370 e. The van der Waals surface area contributed by atoms with Crippen LogP contribution in [0.3, 0.4) is 0 Å². The van der Waals surface area contributed by atoms with Gasteiger partial charge in [-0.05, 0) is 37.1 Å². The van der Waals surface area contributed by atoms with Gasteiger partial charge in [0, 0.05) is 18.5 Å². The second-order valence-electron chi connectivity index (χ2n) is 6.44. The largest absolute Gasteiger partial charge is 0.370 e. The van der Waals surface area contributed by atoms with Gasteiger partial charge in [-0.1, -0.05) is 24.3 Å². The van der Waals surface area contributed by atoms with Gasteiger partial charge in [-0.3, -0.25) is 14.3 Å². The predicted octanol–water partition coefficient (Wildman–Crippen LogP) is 2.64. The van der Waals surface area contributed by atoms with Crippen molar-refractivity contribution in [3.05, 3.63) is 65.0 Å². The third-order valence-electron chi connectivity index (χ3n) is 4.68. The number of fused-ring (bicyclic) bond motifs is 1. The molecular weight excluding hydrogens is 328 g/mol. The van der Waals surface area contributed by atoms with Crippen LogP contribution in [0, 0.1) is 0 Å². The second kappa shape index (κ2) is 7.00. The summed E-state index contributed by atoms with van der Waals surface area (Å²) >= 11 is 0. The Bertz CT molecular complexity index is 1010. The van der Waals surface area contributed by atoms with Crippen molar-refractivity contribution in [1.29, 1.82) is 0 Å². The first-order chi connectivity index (χ1) is 12.7. The standard InChI is InChI=1S/C20H20N4O2/c25-19-13-21-24(17-9-3-1-7-15(17)19)14-20(26)22-16-8-2-4-10-18(16)23-11-5-6-12-23/h1-4,7-10,13H,5-6,11-12,14H2,(H,22,26). The summed E-state index contributed by atoms with van der Waals surface area (Å²) in [5.41, 5.74) is 2.38. The van der Waals surface area contributed by atoms with E-state index in [4.69, 9.17) is 0 Å². The smallest absolute Gasteiger partial charge is 0.246 e. The summed E-state index contributed by atoms with van der Waals surface area (Å²) in [6.45, 7) is 2.08. The molecule has 132 valence electrons. The van der Waals surface area contributed by atoms with Crippen LogP contribution in [-0.2, 0) is 11.3 Å². The molecule has 2 aromatic carbocycles. The van der Waals surface area contributed by atoms with Crippen LogP contribution >= 0.6 is 0 Å². The lowest BCUT2D eigenvalue weighted by molar-refractivity contribution is -0.116. The summed E-state index contributed by atoms with van der Waals surface area (Å²) in [5.74, 6) is -0.169. The number of hydrogen-bond donors (Lipinski definition) is 1. The van der Waals surface area contributed by atoms with Crippen molar-refractivity contribution >= 4 is 28.2 Å². The van der Waals surface area contributed by atoms with Crippen molar-refractivity contribution in [2.75, 3.05) is 23.3 Å². The molecule has 0 unspecified atom stereocenters. The lowest BCUT2D eigenvalue weighted by Crippen LogP contribution is -2.24. The zero-order valence-electron chi connectivity index (χ0n) is 14.4. The van der Waals surface area contributed by atoms with E-state index in [2.05, 4.69) is 15.3 Å². The average molecular weight is 348 g/mol. The summed E-state index contributed by atoms with van der Waals surface area (Å²) in [5, 5.41) is 7.68. The highest BCUT2D eigenvalue weighted by Gasteiger charge is 2.17. The molecule has 1 saturated heterocycles. The fraction of sp³-hybridized carbons (Fsp3) is 0.250. The van der Waals surface area contributed by atoms with E-state index < -0.39 is 0 Å². The molecule has 1 fully saturated rings. The van der Waals surface area contributed by atoms with Gasteiger partial charge in [-0.25, -0.2) is 0 Å². The topological polar surface area (TPSA) is 67.2 Å². The van der Waals surface area contributed by atoms with Crippen molar-refractivity contribution in [3.63, 3.8) is 0 Å². The SMILES string of the molecule is O=C(Cn1ncc(=O)c2ccccc21)Nc1ccccc1N1CCCC1. The lowest BCUT2D eigenvalue weighted by atomic mass is 10.2. The monoisotopic (exact) mass is 348 g/mol. The molecule has 0 atom stereocenters. The molecule has 1 aromatic heterocycles. The fourth-order valence-corrected chi connectivity index (χ4v) is 3.43. The number of anilines is 2. The Morgan fingerprint density at radius 2 is 1.77 bits per heavy atom. The maximum absolute atomic E-state index is 12.6. The van der Waals surface area contributed by atoms with E-state index in [1.54, 1.807) is 22.9 Å². The minimum atomic E-state index is -0.169. The molecule has 0 radical (unpaired) electrons. The van der Waals surface area contributed by atoms with E-state index in [9.17, 15) is 9.59 Å². The molecule has 6 heteroatoms. The molecule has 0 bridgehead atoms. The molecule has 6 nitrogen and oxygen atoms in total. The zero-order chi connectivity index (χ0) is 17.9. The normalized spacial score (nSPS) is 13.9. The number of carbonyl (C=O) groups is 1. The number of hydrogen-bond acceptors (Lipinski definition) is 4. The molecule has 4 rings (SSSR count). The number of nitrogens with one attached hydrogen (secondary N) is 1. The first kappa shape index (κ1) is 16.3. The fourth-order valence-electron chi connectivity index (χ4n) is 3.43. The highest BCUT2D eigenvalue weighted by molar-refractivity contribution is 5.95. The Labute approximate surface area is 151 Å². The van der Waals surface area contributed by atoms with Crippen LogP contribution in [0.25, 0.3) is 10.9 Å². The predicted molar refractivity (Wildman–Crippen MR) is 103 cm³/mol. The van der Waals surface area contributed by atoms with Gasteiger partial charge < -0.3 is 10.2 Å². The lowest BCUT2D eigenvalue weighted by Gasteiger charge is -2.21. The van der Waals surface area contributed by atoms with Crippen LogP contribution in [0.15, 0.2) is 59.5 Å². The highest BCUT2D eigenvalue weighted by atomic mass is 16.2. The van der Waals surface area contributed by atoms with Crippen molar-refractivity contribution in [1.82, 2.24) is 9.78 Å². The minimum absolute atomic E-state index is 0.0507. The number of carbonyl (C=O) groups excluding carboxylic acids is 1. The second-order valence-corrected chi connectivity index (χ2v) is 6.44. The summed E-state index contributed by atoms with van der Waals surface area (Å²) in [6.07, 6.45) is 3.61. The Balaban J connectivity index is 1.57. The molecule has 3 aromatic rings. The molecule has 0 aliphatic carbocycles. The summed E-state index contributed by atoms with van der Waals surface area (Å²) in [4.78, 5) is 26.8. The Morgan fingerprint density at radius 3 is 2.62 bits per heavy atom. The first-order valence-electron chi connectivity index (χ1n) is 8.81. The molecular formula is C20H20N4O2. The maximum Gasteiger partial charge on any atom is 0.246 e. The van der Waals surface area contributed by atoms with Gasteiger partial charge in [0.05, 0.1) is 23.1 Å². The highest BCUT2D eigenvalue weighted by Crippen LogP contribution is 2.28. The van der Waals surface area contributed by atoms with Crippen LogP contribution in [-0.4, -0.2) is 28.8 Å². The number of benzene rings is 2. The molecule has 1 aliphatic heterocycles. The summed E-state index contributed by atoms with van der Waals surface area (Å²) in [7, 11) is 0. The molecule has 1 amide bonds. The van der Waals surface area contributed by atoms with Gasteiger partial charge in [0.15, 0.2) is 0 Å². The van der Waals surface area contributed by atoms with Gasteiger partial charge in [-0.2, -0.15) is 5.10 Å². The van der Waals surface area contributed by atoms with Crippen LogP contribution < -0.4 is 15.6 Å². The molecule has 0 spiro atoms. The van der Waals surface area contributed by atoms with E-state index in [0.29, 0.717) is 10.9 Å². The van der Waals surface area contributed by atoms with Gasteiger partial charge in [0.25, 0.3) is 0 Å². The van der Waals surface area contributed by atoms with Gasteiger partial charge >= 0.3 is 0 Å². The van der Waals surface area contributed by atoms with Crippen molar-refractivity contribution in [2.24, 2.45) is 0 Å². The number of rotatable bonds is 4. The van der Waals surface area contributed by atoms with Crippen LogP contribution in [0.5, 0.6) is 0 Å². The van der Waals surface area contributed by atoms with Crippen molar-refractivity contribution in [2.45, 2.75) is 19.4 Å².